The third kappa shape index (κ3) is 4.15. The largest absolute Gasteiger partial charge is 0.466 e. The molecule has 0 bridgehead atoms. The molecule has 2 aliphatic heterocycles. The Morgan fingerprint density at radius 2 is 2.21 bits per heavy atom. The molecule has 1 aliphatic carbocycles. The Balaban J connectivity index is 1.59. The van der Waals surface area contributed by atoms with E-state index in [1.54, 1.807) is 0 Å². The highest BCUT2D eigenvalue weighted by Crippen LogP contribution is 2.24. The molecule has 1 saturated carbocycles. The number of hydrogen-bond donors (Lipinski definition) is 2. The van der Waals surface area contributed by atoms with Crippen molar-refractivity contribution in [2.45, 2.75) is 38.1 Å². The average Bonchev–Trinajstić information content (AvgIpc) is 2.95. The first kappa shape index (κ1) is 17.0. The van der Waals surface area contributed by atoms with E-state index in [-0.39, 0.29) is 10.8 Å². The minimum atomic E-state index is -0.565. The number of aliphatic imine (C=N–C) groups is 2. The topological polar surface area (TPSA) is 95.4 Å². The van der Waals surface area contributed by atoms with Crippen molar-refractivity contribution in [3.63, 3.8) is 0 Å². The summed E-state index contributed by atoms with van der Waals surface area (Å²) in [7, 11) is 1.27. The zero-order chi connectivity index (χ0) is 16.9. The van der Waals surface area contributed by atoms with E-state index >= 15 is 0 Å². The van der Waals surface area contributed by atoms with Crippen molar-refractivity contribution in [1.82, 2.24) is 15.5 Å². The lowest BCUT2D eigenvalue weighted by Gasteiger charge is -2.35. The minimum Gasteiger partial charge on any atom is -0.466 e. The molecule has 3 rings (SSSR count). The molecule has 0 unspecified atom stereocenters. The summed E-state index contributed by atoms with van der Waals surface area (Å²) in [6.07, 6.45) is 7.53. The van der Waals surface area contributed by atoms with Crippen molar-refractivity contribution in [2.24, 2.45) is 9.98 Å². The van der Waals surface area contributed by atoms with Gasteiger partial charge in [0.05, 0.1) is 25.4 Å². The lowest BCUT2D eigenvalue weighted by molar-refractivity contribution is -0.135. The zero-order valence-corrected chi connectivity index (χ0v) is 14.4. The predicted molar refractivity (Wildman–Crippen MR) is 92.3 cm³/mol. The molecule has 2 heterocycles. The second kappa shape index (κ2) is 7.80. The molecule has 3 aliphatic rings. The molecular weight excluding hydrogens is 330 g/mol. The number of hydrogen-bond acceptors (Lipinski definition) is 8. The molecule has 2 N–H and O–H groups in total. The zero-order valence-electron chi connectivity index (χ0n) is 13.6. The van der Waals surface area contributed by atoms with Crippen molar-refractivity contribution < 1.29 is 14.3 Å². The standard InChI is InChI=1S/C15H21N5O3S/c1-23-12(21)7-11-13(22)18-15(24-11)19-14-16-8-20(9-17-14)10-5-3-2-4-6-10/h7,10H,2-6,8-9H2,1H3,(H2,16,17,18,19,22). The smallest absolute Gasteiger partial charge is 0.331 e. The molecule has 0 aromatic heterocycles. The normalized spacial score (nSPS) is 26.2. The van der Waals surface area contributed by atoms with Crippen LogP contribution in [0.3, 0.4) is 0 Å². The van der Waals surface area contributed by atoms with E-state index in [1.807, 2.05) is 0 Å². The van der Waals surface area contributed by atoms with Crippen LogP contribution in [0.25, 0.3) is 0 Å². The maximum atomic E-state index is 11.8. The highest BCUT2D eigenvalue weighted by molar-refractivity contribution is 8.18. The van der Waals surface area contributed by atoms with Gasteiger partial charge in [-0.3, -0.25) is 9.69 Å². The van der Waals surface area contributed by atoms with Gasteiger partial charge in [-0.1, -0.05) is 19.3 Å². The number of esters is 1. The lowest BCUT2D eigenvalue weighted by atomic mass is 9.94. The maximum Gasteiger partial charge on any atom is 0.331 e. The van der Waals surface area contributed by atoms with Crippen molar-refractivity contribution in [3.8, 4) is 0 Å². The highest BCUT2D eigenvalue weighted by Gasteiger charge is 2.27. The first-order chi connectivity index (χ1) is 11.7. The fourth-order valence-corrected chi connectivity index (χ4v) is 3.73. The van der Waals surface area contributed by atoms with Gasteiger partial charge in [-0.2, -0.15) is 4.99 Å². The van der Waals surface area contributed by atoms with E-state index in [1.165, 1.54) is 39.2 Å². The van der Waals surface area contributed by atoms with Gasteiger partial charge in [0, 0.05) is 12.1 Å². The number of ether oxygens (including phenoxy) is 1. The van der Waals surface area contributed by atoms with E-state index in [0.29, 0.717) is 30.5 Å². The SMILES string of the molecule is COC(=O)C=C1SC(=NC2=NCN(C3CCCCC3)CN2)NC1=O. The van der Waals surface area contributed by atoms with Gasteiger partial charge in [0.25, 0.3) is 5.91 Å². The monoisotopic (exact) mass is 351 g/mol. The summed E-state index contributed by atoms with van der Waals surface area (Å²) in [5, 5.41) is 6.22. The van der Waals surface area contributed by atoms with E-state index in [0.717, 1.165) is 17.8 Å². The summed E-state index contributed by atoms with van der Waals surface area (Å²) >= 11 is 1.10. The van der Waals surface area contributed by atoms with Crippen LogP contribution in [-0.4, -0.2) is 54.4 Å². The number of methoxy groups -OCH3 is 1. The third-order valence-corrected chi connectivity index (χ3v) is 5.15. The molecule has 0 aromatic carbocycles. The van der Waals surface area contributed by atoms with Crippen LogP contribution in [0.15, 0.2) is 21.0 Å². The number of guanidine groups is 1. The van der Waals surface area contributed by atoms with Gasteiger partial charge in [-0.25, -0.2) is 9.79 Å². The Morgan fingerprint density at radius 3 is 2.88 bits per heavy atom. The number of thioether (sulfide) groups is 1. The number of amidine groups is 1. The van der Waals surface area contributed by atoms with Crippen LogP contribution in [0.2, 0.25) is 0 Å². The van der Waals surface area contributed by atoms with E-state index in [9.17, 15) is 9.59 Å². The average molecular weight is 351 g/mol. The minimum absolute atomic E-state index is 0.265. The van der Waals surface area contributed by atoms with Gasteiger partial charge in [-0.05, 0) is 24.6 Å². The quantitative estimate of drug-likeness (QED) is 0.564. The molecule has 8 nitrogen and oxygen atoms in total. The second-order valence-corrected chi connectivity index (χ2v) is 6.87. The number of carbonyl (C=O) groups excluding carboxylic acids is 2. The van der Waals surface area contributed by atoms with E-state index < -0.39 is 5.97 Å². The Kier molecular flexibility index (Phi) is 5.52. The van der Waals surface area contributed by atoms with Crippen molar-refractivity contribution in [1.29, 1.82) is 0 Å². The molecule has 2 fully saturated rings. The van der Waals surface area contributed by atoms with Gasteiger partial charge < -0.3 is 15.4 Å². The van der Waals surface area contributed by atoms with Crippen LogP contribution in [0.4, 0.5) is 0 Å². The van der Waals surface area contributed by atoms with Gasteiger partial charge in [0.15, 0.2) is 5.17 Å². The second-order valence-electron chi connectivity index (χ2n) is 5.84. The highest BCUT2D eigenvalue weighted by atomic mass is 32.2. The Bertz CT molecular complexity index is 610. The first-order valence-electron chi connectivity index (χ1n) is 8.05. The fraction of sp³-hybridized carbons (Fsp3) is 0.600. The van der Waals surface area contributed by atoms with Gasteiger partial charge in [0.1, 0.15) is 0 Å². The summed E-state index contributed by atoms with van der Waals surface area (Å²) in [5.74, 6) is -0.418. The summed E-state index contributed by atoms with van der Waals surface area (Å²) < 4.78 is 4.52. The molecular formula is C15H21N5O3S. The van der Waals surface area contributed by atoms with Crippen LogP contribution in [0.1, 0.15) is 32.1 Å². The molecule has 0 atom stereocenters. The van der Waals surface area contributed by atoms with Gasteiger partial charge >= 0.3 is 5.97 Å². The van der Waals surface area contributed by atoms with Crippen molar-refractivity contribution >= 4 is 34.8 Å². The van der Waals surface area contributed by atoms with Crippen molar-refractivity contribution in [2.75, 3.05) is 20.4 Å². The number of amides is 1. The Labute approximate surface area is 144 Å². The molecule has 24 heavy (non-hydrogen) atoms. The van der Waals surface area contributed by atoms with Gasteiger partial charge in [-0.15, -0.1) is 0 Å². The molecule has 130 valence electrons. The molecule has 0 spiro atoms. The number of nitrogens with one attached hydrogen (secondary N) is 2. The third-order valence-electron chi connectivity index (χ3n) is 4.24. The Morgan fingerprint density at radius 1 is 1.42 bits per heavy atom. The van der Waals surface area contributed by atoms with E-state index in [2.05, 4.69) is 30.3 Å². The Hall–Kier alpha value is -1.87. The summed E-state index contributed by atoms with van der Waals surface area (Å²) in [5.41, 5.74) is 0. The van der Waals surface area contributed by atoms with Crippen LogP contribution < -0.4 is 10.6 Å². The number of rotatable bonds is 2. The van der Waals surface area contributed by atoms with Gasteiger partial charge in [0.2, 0.25) is 5.96 Å². The van der Waals surface area contributed by atoms with Crippen LogP contribution in [0, 0.1) is 0 Å². The molecule has 9 heteroatoms. The van der Waals surface area contributed by atoms with Crippen LogP contribution in [-0.2, 0) is 14.3 Å². The van der Waals surface area contributed by atoms with Crippen molar-refractivity contribution in [3.05, 3.63) is 11.0 Å². The number of nitrogens with zero attached hydrogens (tertiary/aromatic N) is 3. The van der Waals surface area contributed by atoms with Crippen LogP contribution in [0.5, 0.6) is 0 Å². The first-order valence-corrected chi connectivity index (χ1v) is 8.87. The lowest BCUT2D eigenvalue weighted by Crippen LogP contribution is -2.48. The maximum absolute atomic E-state index is 11.8. The van der Waals surface area contributed by atoms with E-state index in [4.69, 9.17) is 0 Å². The summed E-state index contributed by atoms with van der Waals surface area (Å²) in [4.78, 5) is 34.4. The van der Waals surface area contributed by atoms with Crippen LogP contribution >= 0.6 is 11.8 Å². The molecule has 1 saturated heterocycles. The number of carbonyl (C=O) groups is 2. The summed E-state index contributed by atoms with van der Waals surface area (Å²) in [6, 6.07) is 0.597. The predicted octanol–water partition coefficient (Wildman–Crippen LogP) is 0.771. The fourth-order valence-electron chi connectivity index (χ4n) is 2.94. The molecule has 0 aromatic rings. The molecule has 1 amide bonds. The molecule has 0 radical (unpaired) electrons. The summed E-state index contributed by atoms with van der Waals surface area (Å²) in [6.45, 7) is 1.33.